The maximum absolute atomic E-state index is 2.39. The van der Waals surface area contributed by atoms with Gasteiger partial charge in [0.1, 0.15) is 0 Å². The van der Waals surface area contributed by atoms with Crippen LogP contribution in [0.1, 0.15) is 31.2 Å². The fourth-order valence-electron chi connectivity index (χ4n) is 2.64. The van der Waals surface area contributed by atoms with Gasteiger partial charge in [0.25, 0.3) is 0 Å². The minimum Gasteiger partial charge on any atom is -0.0844 e. The van der Waals surface area contributed by atoms with Crippen LogP contribution < -0.4 is 0 Å². The Labute approximate surface area is 109 Å². The van der Waals surface area contributed by atoms with Crippen LogP contribution in [0.2, 0.25) is 0 Å². The lowest BCUT2D eigenvalue weighted by Crippen LogP contribution is -1.97. The zero-order chi connectivity index (χ0) is 12.2. The molecular formula is C18H18. The zero-order valence-corrected chi connectivity index (χ0v) is 10.6. The van der Waals surface area contributed by atoms with Crippen LogP contribution in [0.4, 0.5) is 0 Å². The van der Waals surface area contributed by atoms with E-state index in [0.717, 1.165) is 25.7 Å². The van der Waals surface area contributed by atoms with Gasteiger partial charge in [0.2, 0.25) is 0 Å². The number of hydrogen-bond donors (Lipinski definition) is 0. The second kappa shape index (κ2) is 5.22. The first-order valence-electron chi connectivity index (χ1n) is 6.74. The Morgan fingerprint density at radius 2 is 1.72 bits per heavy atom. The molecule has 0 unspecified atom stereocenters. The minimum absolute atomic E-state index is 1.08. The predicted octanol–water partition coefficient (Wildman–Crippen LogP) is 5.07. The normalized spacial score (nSPS) is 19.0. The van der Waals surface area contributed by atoms with Gasteiger partial charge in [0.15, 0.2) is 0 Å². The van der Waals surface area contributed by atoms with E-state index in [-0.39, 0.29) is 0 Å². The average Bonchev–Trinajstić information content (AvgIpc) is 2.49. The molecule has 90 valence electrons. The van der Waals surface area contributed by atoms with Crippen molar-refractivity contribution < 1.29 is 0 Å². The molecule has 0 bridgehead atoms. The Morgan fingerprint density at radius 3 is 2.50 bits per heavy atom. The first-order valence-corrected chi connectivity index (χ1v) is 6.74. The number of hydrogen-bond acceptors (Lipinski definition) is 0. The van der Waals surface area contributed by atoms with Crippen molar-refractivity contribution in [3.8, 4) is 0 Å². The van der Waals surface area contributed by atoms with E-state index in [1.54, 1.807) is 0 Å². The van der Waals surface area contributed by atoms with Crippen LogP contribution in [0.25, 0.3) is 5.57 Å². The lowest BCUT2D eigenvalue weighted by atomic mass is 9.88. The summed E-state index contributed by atoms with van der Waals surface area (Å²) in [6.07, 6.45) is 16.1. The molecule has 0 radical (unpaired) electrons. The summed E-state index contributed by atoms with van der Waals surface area (Å²) in [5, 5.41) is 0. The molecule has 0 heteroatoms. The molecule has 1 aromatic carbocycles. The average molecular weight is 234 g/mol. The van der Waals surface area contributed by atoms with E-state index < -0.39 is 0 Å². The highest BCUT2D eigenvalue weighted by molar-refractivity contribution is 5.71. The quantitative estimate of drug-likeness (QED) is 0.627. The minimum atomic E-state index is 1.08. The van der Waals surface area contributed by atoms with Crippen LogP contribution in [0.15, 0.2) is 71.9 Å². The Kier molecular flexibility index (Phi) is 3.27. The molecule has 0 N–H and O–H groups in total. The van der Waals surface area contributed by atoms with E-state index in [2.05, 4.69) is 60.7 Å². The highest BCUT2D eigenvalue weighted by Gasteiger charge is 2.10. The maximum Gasteiger partial charge on any atom is -0.00946 e. The molecule has 18 heavy (non-hydrogen) atoms. The van der Waals surface area contributed by atoms with Crippen molar-refractivity contribution in [2.75, 3.05) is 0 Å². The molecule has 0 fully saturated rings. The lowest BCUT2D eigenvalue weighted by molar-refractivity contribution is 1.02. The van der Waals surface area contributed by atoms with Crippen molar-refractivity contribution in [1.29, 1.82) is 0 Å². The van der Waals surface area contributed by atoms with Crippen molar-refractivity contribution >= 4 is 5.57 Å². The van der Waals surface area contributed by atoms with Gasteiger partial charge in [-0.25, -0.2) is 0 Å². The summed E-state index contributed by atoms with van der Waals surface area (Å²) in [5.41, 5.74) is 5.77. The van der Waals surface area contributed by atoms with Crippen molar-refractivity contribution in [3.05, 3.63) is 77.4 Å². The third-order valence-electron chi connectivity index (χ3n) is 3.63. The zero-order valence-electron chi connectivity index (χ0n) is 10.6. The molecule has 0 aliphatic heterocycles. The molecule has 2 aliphatic carbocycles. The molecule has 0 saturated heterocycles. The van der Waals surface area contributed by atoms with E-state index in [1.807, 2.05) is 0 Å². The predicted molar refractivity (Wildman–Crippen MR) is 78.2 cm³/mol. The van der Waals surface area contributed by atoms with Gasteiger partial charge in [-0.1, -0.05) is 60.7 Å². The lowest BCUT2D eigenvalue weighted by Gasteiger charge is -2.17. The fraction of sp³-hybridized carbons (Fsp3) is 0.222. The third kappa shape index (κ3) is 2.38. The van der Waals surface area contributed by atoms with Gasteiger partial charge in [0.05, 0.1) is 0 Å². The van der Waals surface area contributed by atoms with E-state index in [0.29, 0.717) is 0 Å². The first-order chi connectivity index (χ1) is 8.93. The Balaban J connectivity index is 1.88. The molecular weight excluding hydrogens is 216 g/mol. The topological polar surface area (TPSA) is 0 Å². The Hall–Kier alpha value is -1.82. The van der Waals surface area contributed by atoms with Crippen LogP contribution >= 0.6 is 0 Å². The maximum atomic E-state index is 2.39. The molecule has 0 spiro atoms. The molecule has 0 heterocycles. The second-order valence-electron chi connectivity index (χ2n) is 4.87. The fourth-order valence-corrected chi connectivity index (χ4v) is 2.64. The van der Waals surface area contributed by atoms with Gasteiger partial charge in [-0.3, -0.25) is 0 Å². The molecule has 0 amide bonds. The monoisotopic (exact) mass is 234 g/mol. The summed E-state index contributed by atoms with van der Waals surface area (Å²) in [7, 11) is 0. The summed E-state index contributed by atoms with van der Waals surface area (Å²) in [4.78, 5) is 0. The summed E-state index contributed by atoms with van der Waals surface area (Å²) >= 11 is 0. The molecule has 2 aliphatic rings. The highest BCUT2D eigenvalue weighted by atomic mass is 14.2. The largest absolute Gasteiger partial charge is 0.0844 e. The van der Waals surface area contributed by atoms with Gasteiger partial charge in [0, 0.05) is 0 Å². The van der Waals surface area contributed by atoms with Crippen LogP contribution in [-0.4, -0.2) is 0 Å². The molecule has 3 rings (SSSR count). The van der Waals surface area contributed by atoms with Gasteiger partial charge in [-0.05, 0) is 48.0 Å². The SMILES string of the molecule is C1=CCC(C2=CCCC(c3ccccc3)=C2)=CC1. The van der Waals surface area contributed by atoms with Crippen LogP contribution in [0.5, 0.6) is 0 Å². The van der Waals surface area contributed by atoms with Crippen LogP contribution in [0, 0.1) is 0 Å². The van der Waals surface area contributed by atoms with Gasteiger partial charge in [-0.15, -0.1) is 0 Å². The molecule has 0 atom stereocenters. The molecule has 0 nitrogen and oxygen atoms in total. The van der Waals surface area contributed by atoms with E-state index >= 15 is 0 Å². The van der Waals surface area contributed by atoms with Gasteiger partial charge < -0.3 is 0 Å². The van der Waals surface area contributed by atoms with Crippen LogP contribution in [0.3, 0.4) is 0 Å². The number of allylic oxidation sites excluding steroid dienone is 8. The second-order valence-corrected chi connectivity index (χ2v) is 4.87. The summed E-state index contributed by atoms with van der Waals surface area (Å²) in [5.74, 6) is 0. The Morgan fingerprint density at radius 1 is 0.833 bits per heavy atom. The van der Waals surface area contributed by atoms with E-state index in [9.17, 15) is 0 Å². The first kappa shape index (κ1) is 11.3. The molecule has 0 saturated carbocycles. The smallest absolute Gasteiger partial charge is 0.00946 e. The van der Waals surface area contributed by atoms with Gasteiger partial charge >= 0.3 is 0 Å². The standard InChI is InChI=1S/C18H18/c1-3-8-15(9-4-1)17-12-7-13-18(14-17)16-10-5-2-6-11-16/h1-5,8-9,11,13-14H,6-7,10,12H2. The van der Waals surface area contributed by atoms with E-state index in [4.69, 9.17) is 0 Å². The third-order valence-corrected chi connectivity index (χ3v) is 3.63. The molecule has 0 aromatic heterocycles. The molecule has 1 aromatic rings. The van der Waals surface area contributed by atoms with Crippen molar-refractivity contribution in [1.82, 2.24) is 0 Å². The number of rotatable bonds is 2. The Bertz CT molecular complexity index is 539. The van der Waals surface area contributed by atoms with Crippen molar-refractivity contribution in [2.24, 2.45) is 0 Å². The van der Waals surface area contributed by atoms with Crippen molar-refractivity contribution in [2.45, 2.75) is 25.7 Å². The van der Waals surface area contributed by atoms with Gasteiger partial charge in [-0.2, -0.15) is 0 Å². The number of benzene rings is 1. The summed E-state index contributed by atoms with van der Waals surface area (Å²) < 4.78 is 0. The highest BCUT2D eigenvalue weighted by Crippen LogP contribution is 2.31. The van der Waals surface area contributed by atoms with E-state index in [1.165, 1.54) is 22.3 Å². The van der Waals surface area contributed by atoms with Crippen molar-refractivity contribution in [3.63, 3.8) is 0 Å². The summed E-state index contributed by atoms with van der Waals surface area (Å²) in [6.45, 7) is 0. The van der Waals surface area contributed by atoms with Crippen LogP contribution in [-0.2, 0) is 0 Å². The summed E-state index contributed by atoms with van der Waals surface area (Å²) in [6, 6.07) is 10.7.